The minimum absolute atomic E-state index is 0.0633. The molecular formula is C14H18BrNO2. The Morgan fingerprint density at radius 2 is 1.89 bits per heavy atom. The van der Waals surface area contributed by atoms with Crippen LogP contribution in [0.2, 0.25) is 0 Å². The topological polar surface area (TPSA) is 52.3 Å². The van der Waals surface area contributed by atoms with Gasteiger partial charge in [-0.05, 0) is 53.7 Å². The van der Waals surface area contributed by atoms with Gasteiger partial charge in [-0.1, -0.05) is 18.9 Å². The number of hydrogen-bond acceptors (Lipinski definition) is 3. The van der Waals surface area contributed by atoms with Crippen molar-refractivity contribution in [2.45, 2.75) is 44.6 Å². The molecule has 0 unspecified atom stereocenters. The quantitative estimate of drug-likeness (QED) is 0.512. The number of rotatable bonds is 2. The van der Waals surface area contributed by atoms with E-state index < -0.39 is 0 Å². The van der Waals surface area contributed by atoms with Gasteiger partial charge in [0.1, 0.15) is 6.10 Å². The lowest BCUT2D eigenvalue weighted by molar-refractivity contribution is 0.0266. The number of benzene rings is 1. The maximum Gasteiger partial charge on any atom is 0.339 e. The summed E-state index contributed by atoms with van der Waals surface area (Å²) in [6.07, 6.45) is 6.81. The summed E-state index contributed by atoms with van der Waals surface area (Å²) in [5, 5.41) is 0. The molecule has 98 valence electrons. The number of nitrogen functional groups attached to an aromatic ring is 1. The molecule has 0 bridgehead atoms. The lowest BCUT2D eigenvalue weighted by atomic mass is 10.1. The van der Waals surface area contributed by atoms with Crippen LogP contribution in [0.5, 0.6) is 0 Å². The summed E-state index contributed by atoms with van der Waals surface area (Å²) in [6.45, 7) is 0. The first-order valence-corrected chi connectivity index (χ1v) is 7.23. The van der Waals surface area contributed by atoms with Gasteiger partial charge in [0.2, 0.25) is 0 Å². The first kappa shape index (κ1) is 13.4. The van der Waals surface area contributed by atoms with Crippen LogP contribution >= 0.6 is 15.9 Å². The predicted octanol–water partition coefficient (Wildman–Crippen LogP) is 3.91. The van der Waals surface area contributed by atoms with Crippen molar-refractivity contribution >= 4 is 27.6 Å². The fourth-order valence-corrected chi connectivity index (χ4v) is 2.71. The van der Waals surface area contributed by atoms with Gasteiger partial charge in [0.05, 0.1) is 10.0 Å². The smallest absolute Gasteiger partial charge is 0.339 e. The van der Waals surface area contributed by atoms with Gasteiger partial charge < -0.3 is 10.5 Å². The average molecular weight is 312 g/mol. The van der Waals surface area contributed by atoms with E-state index in [2.05, 4.69) is 15.9 Å². The van der Waals surface area contributed by atoms with Crippen molar-refractivity contribution in [3.63, 3.8) is 0 Å². The standard InChI is InChI=1S/C14H18BrNO2/c15-13-11(8-5-9-12(13)16)14(17)18-10-6-3-1-2-4-7-10/h5,8-10H,1-4,6-7,16H2. The molecule has 0 atom stereocenters. The third-order valence-electron chi connectivity index (χ3n) is 3.32. The summed E-state index contributed by atoms with van der Waals surface area (Å²) in [5.41, 5.74) is 6.84. The maximum absolute atomic E-state index is 12.1. The van der Waals surface area contributed by atoms with E-state index >= 15 is 0 Å². The van der Waals surface area contributed by atoms with Gasteiger partial charge in [-0.3, -0.25) is 0 Å². The van der Waals surface area contributed by atoms with Crippen LogP contribution in [0.4, 0.5) is 5.69 Å². The van der Waals surface area contributed by atoms with Crippen LogP contribution < -0.4 is 5.73 Å². The Balaban J connectivity index is 2.04. The average Bonchev–Trinajstić information content (AvgIpc) is 2.61. The van der Waals surface area contributed by atoms with Crippen LogP contribution in [0.3, 0.4) is 0 Å². The molecule has 18 heavy (non-hydrogen) atoms. The normalized spacial score (nSPS) is 17.2. The Morgan fingerprint density at radius 3 is 2.56 bits per heavy atom. The highest BCUT2D eigenvalue weighted by Gasteiger charge is 2.19. The third-order valence-corrected chi connectivity index (χ3v) is 4.21. The first-order chi connectivity index (χ1) is 8.68. The monoisotopic (exact) mass is 311 g/mol. The summed E-state index contributed by atoms with van der Waals surface area (Å²) < 4.78 is 6.20. The highest BCUT2D eigenvalue weighted by atomic mass is 79.9. The molecule has 0 aliphatic heterocycles. The van der Waals surface area contributed by atoms with E-state index in [-0.39, 0.29) is 12.1 Å². The van der Waals surface area contributed by atoms with E-state index in [0.29, 0.717) is 15.7 Å². The van der Waals surface area contributed by atoms with Crippen LogP contribution in [0.25, 0.3) is 0 Å². The molecule has 1 aliphatic carbocycles. The predicted molar refractivity (Wildman–Crippen MR) is 75.5 cm³/mol. The van der Waals surface area contributed by atoms with Gasteiger partial charge in [-0.2, -0.15) is 0 Å². The van der Waals surface area contributed by atoms with Gasteiger partial charge in [0.25, 0.3) is 0 Å². The van der Waals surface area contributed by atoms with Crippen molar-refractivity contribution in [2.75, 3.05) is 5.73 Å². The van der Waals surface area contributed by atoms with Gasteiger partial charge in [-0.25, -0.2) is 4.79 Å². The molecule has 1 aromatic carbocycles. The van der Waals surface area contributed by atoms with E-state index in [1.165, 1.54) is 12.8 Å². The molecular weight excluding hydrogens is 294 g/mol. The fraction of sp³-hybridized carbons (Fsp3) is 0.500. The second-order valence-corrected chi connectivity index (χ2v) is 5.52. The van der Waals surface area contributed by atoms with E-state index in [9.17, 15) is 4.79 Å². The number of halogens is 1. The maximum atomic E-state index is 12.1. The molecule has 0 saturated heterocycles. The zero-order valence-electron chi connectivity index (χ0n) is 10.3. The van der Waals surface area contributed by atoms with Crippen molar-refractivity contribution < 1.29 is 9.53 Å². The number of esters is 1. The zero-order chi connectivity index (χ0) is 13.0. The highest BCUT2D eigenvalue weighted by molar-refractivity contribution is 9.10. The molecule has 0 radical (unpaired) electrons. The van der Waals surface area contributed by atoms with E-state index in [0.717, 1.165) is 25.7 Å². The van der Waals surface area contributed by atoms with Crippen molar-refractivity contribution in [2.24, 2.45) is 0 Å². The molecule has 2 N–H and O–H groups in total. The number of nitrogens with two attached hydrogens (primary N) is 1. The Hall–Kier alpha value is -1.03. The van der Waals surface area contributed by atoms with Crippen molar-refractivity contribution in [3.8, 4) is 0 Å². The summed E-state index contributed by atoms with van der Waals surface area (Å²) >= 11 is 3.34. The lowest BCUT2D eigenvalue weighted by Crippen LogP contribution is -2.18. The first-order valence-electron chi connectivity index (χ1n) is 6.43. The third kappa shape index (κ3) is 3.25. The second-order valence-electron chi connectivity index (χ2n) is 4.73. The second kappa shape index (κ2) is 6.23. The molecule has 1 saturated carbocycles. The van der Waals surface area contributed by atoms with Gasteiger partial charge in [-0.15, -0.1) is 0 Å². The van der Waals surface area contributed by atoms with Gasteiger partial charge >= 0.3 is 5.97 Å². The molecule has 4 heteroatoms. The molecule has 1 aliphatic rings. The fourth-order valence-electron chi connectivity index (χ4n) is 2.28. The molecule has 1 aromatic rings. The summed E-state index contributed by atoms with van der Waals surface area (Å²) in [6, 6.07) is 5.26. The number of carbonyl (C=O) groups is 1. The van der Waals surface area contributed by atoms with Crippen LogP contribution in [0, 0.1) is 0 Å². The Kier molecular flexibility index (Phi) is 4.64. The summed E-state index contributed by atoms with van der Waals surface area (Å²) in [4.78, 5) is 12.1. The molecule has 1 fully saturated rings. The minimum Gasteiger partial charge on any atom is -0.459 e. The minimum atomic E-state index is -0.277. The lowest BCUT2D eigenvalue weighted by Gasteiger charge is -2.16. The van der Waals surface area contributed by atoms with Crippen molar-refractivity contribution in [1.82, 2.24) is 0 Å². The number of carbonyl (C=O) groups excluding carboxylic acids is 1. The van der Waals surface area contributed by atoms with Crippen LogP contribution in [0.1, 0.15) is 48.9 Å². The van der Waals surface area contributed by atoms with Crippen molar-refractivity contribution in [3.05, 3.63) is 28.2 Å². The number of hydrogen-bond donors (Lipinski definition) is 1. The summed E-state index contributed by atoms with van der Waals surface area (Å²) in [5.74, 6) is -0.277. The van der Waals surface area contributed by atoms with E-state index in [1.54, 1.807) is 18.2 Å². The van der Waals surface area contributed by atoms with Gasteiger partial charge in [0, 0.05) is 5.69 Å². The highest BCUT2D eigenvalue weighted by Crippen LogP contribution is 2.26. The number of ether oxygens (including phenoxy) is 1. The van der Waals surface area contributed by atoms with Gasteiger partial charge in [0.15, 0.2) is 0 Å². The van der Waals surface area contributed by atoms with Crippen molar-refractivity contribution in [1.29, 1.82) is 0 Å². The van der Waals surface area contributed by atoms with Crippen LogP contribution in [-0.2, 0) is 4.74 Å². The summed E-state index contributed by atoms with van der Waals surface area (Å²) in [7, 11) is 0. The van der Waals surface area contributed by atoms with E-state index in [1.807, 2.05) is 0 Å². The molecule has 0 amide bonds. The Labute approximate surface area is 116 Å². The Morgan fingerprint density at radius 1 is 1.22 bits per heavy atom. The SMILES string of the molecule is Nc1cccc(C(=O)OC2CCCCCC2)c1Br. The Bertz CT molecular complexity index is 426. The molecule has 2 rings (SSSR count). The molecule has 0 aromatic heterocycles. The largest absolute Gasteiger partial charge is 0.459 e. The van der Waals surface area contributed by atoms with Crippen LogP contribution in [-0.4, -0.2) is 12.1 Å². The van der Waals surface area contributed by atoms with E-state index in [4.69, 9.17) is 10.5 Å². The molecule has 0 spiro atoms. The van der Waals surface area contributed by atoms with Crippen LogP contribution in [0.15, 0.2) is 22.7 Å². The number of anilines is 1. The molecule has 3 nitrogen and oxygen atoms in total. The zero-order valence-corrected chi connectivity index (χ0v) is 11.9. The molecule has 0 heterocycles.